The number of halogens is 3. The van der Waals surface area contributed by atoms with E-state index in [-0.39, 0.29) is 12.3 Å². The average Bonchev–Trinajstić information content (AvgIpc) is 2.64. The number of anilines is 1. The molecule has 2 amide bonds. The first-order valence-corrected chi connectivity index (χ1v) is 9.77. The fourth-order valence-electron chi connectivity index (χ4n) is 2.49. The summed E-state index contributed by atoms with van der Waals surface area (Å²) in [5.41, 5.74) is 0.994. The number of hydrogen-bond acceptors (Lipinski definition) is 4. The highest BCUT2D eigenvalue weighted by Crippen LogP contribution is 2.26. The predicted molar refractivity (Wildman–Crippen MR) is 113 cm³/mol. The van der Waals surface area contributed by atoms with Crippen molar-refractivity contribution in [3.63, 3.8) is 0 Å². The van der Waals surface area contributed by atoms with Crippen LogP contribution in [0.4, 0.5) is 5.69 Å². The van der Waals surface area contributed by atoms with E-state index < -0.39 is 24.0 Å². The van der Waals surface area contributed by atoms with Gasteiger partial charge in [0.15, 0.2) is 6.10 Å². The second kappa shape index (κ2) is 10.5. The zero-order valence-electron chi connectivity index (χ0n) is 15.7. The molecule has 0 fully saturated rings. The molecule has 2 aromatic rings. The van der Waals surface area contributed by atoms with Gasteiger partial charge in [-0.2, -0.15) is 0 Å². The minimum Gasteiger partial charge on any atom is -0.452 e. The molecule has 2 unspecified atom stereocenters. The predicted octanol–water partition coefficient (Wildman–Crippen LogP) is 4.78. The maximum atomic E-state index is 12.3. The van der Waals surface area contributed by atoms with Crippen molar-refractivity contribution in [1.82, 2.24) is 5.32 Å². The first kappa shape index (κ1) is 23.0. The van der Waals surface area contributed by atoms with Crippen molar-refractivity contribution in [3.05, 3.63) is 63.1 Å². The first-order valence-electron chi connectivity index (χ1n) is 8.63. The van der Waals surface area contributed by atoms with Crippen LogP contribution in [0.2, 0.25) is 15.1 Å². The minimum absolute atomic E-state index is 0.156. The van der Waals surface area contributed by atoms with Crippen LogP contribution in [0.5, 0.6) is 0 Å². The Balaban J connectivity index is 2.00. The van der Waals surface area contributed by atoms with E-state index in [1.54, 1.807) is 36.4 Å². The van der Waals surface area contributed by atoms with E-state index in [4.69, 9.17) is 39.5 Å². The lowest BCUT2D eigenvalue weighted by Crippen LogP contribution is -2.33. The highest BCUT2D eigenvalue weighted by Gasteiger charge is 2.23. The highest BCUT2D eigenvalue weighted by atomic mass is 35.5. The summed E-state index contributed by atoms with van der Waals surface area (Å²) in [5, 5.41) is 6.48. The molecule has 0 aliphatic rings. The molecule has 2 aromatic carbocycles. The fraction of sp³-hybridized carbons (Fsp3) is 0.250. The SMILES string of the molecule is CC(=O)NC(CC(=O)OC(C)C(=O)Nc1cc(Cl)ccc1Cl)c1ccc(Cl)cc1. The quantitative estimate of drug-likeness (QED) is 0.586. The molecule has 0 saturated heterocycles. The van der Waals surface area contributed by atoms with E-state index in [1.165, 1.54) is 19.9 Å². The molecule has 2 atom stereocenters. The topological polar surface area (TPSA) is 84.5 Å². The molecule has 0 bridgehead atoms. The monoisotopic (exact) mass is 456 g/mol. The molecule has 154 valence electrons. The third kappa shape index (κ3) is 7.24. The van der Waals surface area contributed by atoms with E-state index in [0.29, 0.717) is 26.3 Å². The van der Waals surface area contributed by atoms with Gasteiger partial charge >= 0.3 is 5.97 Å². The van der Waals surface area contributed by atoms with Crippen LogP contribution in [0.1, 0.15) is 31.9 Å². The second-order valence-electron chi connectivity index (χ2n) is 6.25. The van der Waals surface area contributed by atoms with Crippen molar-refractivity contribution in [3.8, 4) is 0 Å². The summed E-state index contributed by atoms with van der Waals surface area (Å²) >= 11 is 17.8. The zero-order valence-corrected chi connectivity index (χ0v) is 17.9. The van der Waals surface area contributed by atoms with E-state index in [2.05, 4.69) is 10.6 Å². The van der Waals surface area contributed by atoms with Crippen molar-refractivity contribution in [1.29, 1.82) is 0 Å². The van der Waals surface area contributed by atoms with E-state index in [1.807, 2.05) is 0 Å². The van der Waals surface area contributed by atoms with E-state index in [9.17, 15) is 14.4 Å². The molecule has 0 heterocycles. The van der Waals surface area contributed by atoms with Crippen LogP contribution in [0, 0.1) is 0 Å². The smallest absolute Gasteiger partial charge is 0.309 e. The number of ether oxygens (including phenoxy) is 1. The molecular formula is C20H19Cl3N2O4. The molecule has 0 saturated carbocycles. The molecule has 29 heavy (non-hydrogen) atoms. The molecule has 2 N–H and O–H groups in total. The number of amides is 2. The summed E-state index contributed by atoms with van der Waals surface area (Å²) in [6, 6.07) is 10.7. The van der Waals surface area contributed by atoms with Crippen LogP contribution in [-0.2, 0) is 19.1 Å². The van der Waals surface area contributed by atoms with Crippen molar-refractivity contribution in [2.45, 2.75) is 32.4 Å². The van der Waals surface area contributed by atoms with Gasteiger partial charge in [0.05, 0.1) is 23.2 Å². The third-order valence-electron chi connectivity index (χ3n) is 3.88. The van der Waals surface area contributed by atoms with Crippen molar-refractivity contribution in [2.24, 2.45) is 0 Å². The average molecular weight is 458 g/mol. The molecule has 0 radical (unpaired) electrons. The normalized spacial score (nSPS) is 12.6. The van der Waals surface area contributed by atoms with Gasteiger partial charge in [0.2, 0.25) is 5.91 Å². The molecule has 6 nitrogen and oxygen atoms in total. The summed E-state index contributed by atoms with van der Waals surface area (Å²) < 4.78 is 5.21. The summed E-state index contributed by atoms with van der Waals surface area (Å²) in [7, 11) is 0. The van der Waals surface area contributed by atoms with Crippen LogP contribution < -0.4 is 10.6 Å². The van der Waals surface area contributed by atoms with Crippen molar-refractivity contribution in [2.75, 3.05) is 5.32 Å². The summed E-state index contributed by atoms with van der Waals surface area (Å²) in [6.45, 7) is 2.78. The van der Waals surface area contributed by atoms with Gasteiger partial charge in [-0.1, -0.05) is 46.9 Å². The standard InChI is InChI=1S/C20H19Cl3N2O4/c1-11(20(28)25-18-9-15(22)7-8-16(18)23)29-19(27)10-17(24-12(2)26)13-3-5-14(21)6-4-13/h3-9,11,17H,10H2,1-2H3,(H,24,26)(H,25,28). The number of benzene rings is 2. The van der Waals surface area contributed by atoms with Gasteiger partial charge in [-0.15, -0.1) is 0 Å². The molecule has 9 heteroatoms. The van der Waals surface area contributed by atoms with E-state index >= 15 is 0 Å². The van der Waals surface area contributed by atoms with Crippen molar-refractivity contribution < 1.29 is 19.1 Å². The number of nitrogens with one attached hydrogen (secondary N) is 2. The molecule has 0 aromatic heterocycles. The Morgan fingerprint density at radius 2 is 1.62 bits per heavy atom. The molecule has 2 rings (SSSR count). The Hall–Kier alpha value is -2.28. The summed E-state index contributed by atoms with van der Waals surface area (Å²) in [5.74, 6) is -1.53. The Kier molecular flexibility index (Phi) is 8.32. The number of carbonyl (C=O) groups excluding carboxylic acids is 3. The van der Waals surface area contributed by atoms with Crippen LogP contribution >= 0.6 is 34.8 Å². The minimum atomic E-state index is -1.08. The lowest BCUT2D eigenvalue weighted by molar-refractivity contribution is -0.153. The number of esters is 1. The lowest BCUT2D eigenvalue weighted by atomic mass is 10.0. The van der Waals surface area contributed by atoms with Gasteiger partial charge in [0.1, 0.15) is 0 Å². The lowest BCUT2D eigenvalue weighted by Gasteiger charge is -2.19. The zero-order chi connectivity index (χ0) is 21.6. The maximum absolute atomic E-state index is 12.3. The molecule has 0 aliphatic heterocycles. The fourth-order valence-corrected chi connectivity index (χ4v) is 2.95. The molecule has 0 spiro atoms. The maximum Gasteiger partial charge on any atom is 0.309 e. The Morgan fingerprint density at radius 3 is 2.24 bits per heavy atom. The van der Waals surface area contributed by atoms with Gasteiger partial charge in [-0.3, -0.25) is 14.4 Å². The Bertz CT molecular complexity index is 903. The van der Waals surface area contributed by atoms with Gasteiger partial charge < -0.3 is 15.4 Å². The van der Waals surface area contributed by atoms with Gasteiger partial charge in [0, 0.05) is 17.0 Å². The van der Waals surface area contributed by atoms with Crippen LogP contribution in [0.25, 0.3) is 0 Å². The van der Waals surface area contributed by atoms with Gasteiger partial charge in [0.25, 0.3) is 5.91 Å². The van der Waals surface area contributed by atoms with Gasteiger partial charge in [-0.05, 0) is 42.8 Å². The highest BCUT2D eigenvalue weighted by molar-refractivity contribution is 6.35. The van der Waals surface area contributed by atoms with Crippen LogP contribution in [0.3, 0.4) is 0 Å². The number of hydrogen-bond donors (Lipinski definition) is 2. The molecular weight excluding hydrogens is 439 g/mol. The molecule has 0 aliphatic carbocycles. The second-order valence-corrected chi connectivity index (χ2v) is 7.53. The Labute approximate surface area is 183 Å². The first-order chi connectivity index (χ1) is 13.7. The van der Waals surface area contributed by atoms with Crippen LogP contribution in [0.15, 0.2) is 42.5 Å². The summed E-state index contributed by atoms with van der Waals surface area (Å²) in [6.07, 6.45) is -1.24. The number of carbonyl (C=O) groups is 3. The summed E-state index contributed by atoms with van der Waals surface area (Å²) in [4.78, 5) is 36.1. The third-order valence-corrected chi connectivity index (χ3v) is 4.70. The van der Waals surface area contributed by atoms with Crippen LogP contribution in [-0.4, -0.2) is 23.9 Å². The van der Waals surface area contributed by atoms with E-state index in [0.717, 1.165) is 0 Å². The van der Waals surface area contributed by atoms with Gasteiger partial charge in [-0.25, -0.2) is 0 Å². The number of rotatable bonds is 7. The largest absolute Gasteiger partial charge is 0.452 e. The van der Waals surface area contributed by atoms with Crippen molar-refractivity contribution >= 4 is 58.3 Å². The Morgan fingerprint density at radius 1 is 1.00 bits per heavy atom.